The molecule has 1 aliphatic carbocycles. The van der Waals surface area contributed by atoms with Gasteiger partial charge in [-0.3, -0.25) is 0 Å². The van der Waals surface area contributed by atoms with Crippen LogP contribution in [0.3, 0.4) is 0 Å². The molecule has 3 nitrogen and oxygen atoms in total. The molecule has 15 heavy (non-hydrogen) atoms. The Balaban J connectivity index is 2.04. The van der Waals surface area contributed by atoms with Crippen molar-refractivity contribution in [3.8, 4) is 0 Å². The van der Waals surface area contributed by atoms with Gasteiger partial charge in [-0.1, -0.05) is 13.3 Å². The number of hydrogen-bond donors (Lipinski definition) is 3. The van der Waals surface area contributed by atoms with Crippen molar-refractivity contribution in [2.24, 2.45) is 17.6 Å². The average Bonchev–Trinajstić information content (AvgIpc) is 2.71. The molecule has 1 saturated carbocycles. The molecular formula is C12H26N2O. The van der Waals surface area contributed by atoms with E-state index in [0.29, 0.717) is 24.5 Å². The van der Waals surface area contributed by atoms with E-state index < -0.39 is 0 Å². The first-order valence-electron chi connectivity index (χ1n) is 6.32. The van der Waals surface area contributed by atoms with E-state index >= 15 is 0 Å². The summed E-state index contributed by atoms with van der Waals surface area (Å²) in [7, 11) is 0. The summed E-state index contributed by atoms with van der Waals surface area (Å²) in [5, 5.41) is 12.5. The summed E-state index contributed by atoms with van der Waals surface area (Å²) in [6.07, 6.45) is 6.18. The third-order valence-electron chi connectivity index (χ3n) is 3.55. The lowest BCUT2D eigenvalue weighted by atomic mass is 10.0. The molecule has 0 radical (unpaired) electrons. The second kappa shape index (κ2) is 7.20. The SMILES string of the molecule is CC(CO)CCCNC1CCCC1CN. The highest BCUT2D eigenvalue weighted by molar-refractivity contribution is 4.83. The average molecular weight is 214 g/mol. The van der Waals surface area contributed by atoms with Crippen LogP contribution in [0.4, 0.5) is 0 Å². The van der Waals surface area contributed by atoms with E-state index in [0.717, 1.165) is 25.9 Å². The monoisotopic (exact) mass is 214 g/mol. The fraction of sp³-hybridized carbons (Fsp3) is 1.00. The summed E-state index contributed by atoms with van der Waals surface area (Å²) < 4.78 is 0. The molecule has 1 fully saturated rings. The molecule has 3 unspecified atom stereocenters. The zero-order valence-electron chi connectivity index (χ0n) is 9.91. The second-order valence-corrected chi connectivity index (χ2v) is 4.92. The van der Waals surface area contributed by atoms with Gasteiger partial charge >= 0.3 is 0 Å². The minimum atomic E-state index is 0.314. The Labute approximate surface area is 93.4 Å². The largest absolute Gasteiger partial charge is 0.396 e. The van der Waals surface area contributed by atoms with Gasteiger partial charge in [-0.15, -0.1) is 0 Å². The highest BCUT2D eigenvalue weighted by Crippen LogP contribution is 2.24. The van der Waals surface area contributed by atoms with E-state index in [-0.39, 0.29) is 0 Å². The maximum atomic E-state index is 8.89. The number of aliphatic hydroxyl groups is 1. The van der Waals surface area contributed by atoms with Crippen molar-refractivity contribution in [2.75, 3.05) is 19.7 Å². The Morgan fingerprint density at radius 1 is 1.47 bits per heavy atom. The number of nitrogens with one attached hydrogen (secondary N) is 1. The number of nitrogens with two attached hydrogens (primary N) is 1. The smallest absolute Gasteiger partial charge is 0.0456 e. The summed E-state index contributed by atoms with van der Waals surface area (Å²) in [5.41, 5.74) is 5.73. The molecule has 4 N–H and O–H groups in total. The fourth-order valence-electron chi connectivity index (χ4n) is 2.42. The van der Waals surface area contributed by atoms with Crippen LogP contribution in [0.25, 0.3) is 0 Å². The van der Waals surface area contributed by atoms with Crippen LogP contribution in [0, 0.1) is 11.8 Å². The highest BCUT2D eigenvalue weighted by Gasteiger charge is 2.24. The van der Waals surface area contributed by atoms with Crippen molar-refractivity contribution in [3.05, 3.63) is 0 Å². The van der Waals surface area contributed by atoms with E-state index in [1.54, 1.807) is 0 Å². The van der Waals surface area contributed by atoms with E-state index in [2.05, 4.69) is 12.2 Å². The topological polar surface area (TPSA) is 58.3 Å². The standard InChI is InChI=1S/C12H26N2O/c1-10(9-15)4-3-7-14-12-6-2-5-11(12)8-13/h10-12,14-15H,2-9,13H2,1H3. The first-order chi connectivity index (χ1) is 7.27. The molecule has 0 aliphatic heterocycles. The van der Waals surface area contributed by atoms with Gasteiger partial charge in [0.05, 0.1) is 0 Å². The Hall–Kier alpha value is -0.120. The van der Waals surface area contributed by atoms with Gasteiger partial charge in [-0.2, -0.15) is 0 Å². The second-order valence-electron chi connectivity index (χ2n) is 4.92. The molecule has 1 rings (SSSR count). The third-order valence-corrected chi connectivity index (χ3v) is 3.55. The van der Waals surface area contributed by atoms with Crippen LogP contribution in [0.5, 0.6) is 0 Å². The Kier molecular flexibility index (Phi) is 6.22. The van der Waals surface area contributed by atoms with Crippen molar-refractivity contribution in [3.63, 3.8) is 0 Å². The molecular weight excluding hydrogens is 188 g/mol. The van der Waals surface area contributed by atoms with Crippen LogP contribution in [-0.2, 0) is 0 Å². The summed E-state index contributed by atoms with van der Waals surface area (Å²) in [5.74, 6) is 1.14. The first-order valence-corrected chi connectivity index (χ1v) is 6.32. The van der Waals surface area contributed by atoms with Crippen molar-refractivity contribution in [2.45, 2.75) is 45.1 Å². The van der Waals surface area contributed by atoms with Crippen molar-refractivity contribution in [1.82, 2.24) is 5.32 Å². The summed E-state index contributed by atoms with van der Waals surface area (Å²) in [6.45, 7) is 4.31. The molecule has 0 aromatic rings. The highest BCUT2D eigenvalue weighted by atomic mass is 16.3. The van der Waals surface area contributed by atoms with Crippen molar-refractivity contribution < 1.29 is 5.11 Å². The molecule has 3 heteroatoms. The van der Waals surface area contributed by atoms with Gasteiger partial charge in [0, 0.05) is 12.6 Å². The molecule has 0 aromatic carbocycles. The van der Waals surface area contributed by atoms with E-state index in [9.17, 15) is 0 Å². The molecule has 0 heterocycles. The molecule has 1 aliphatic rings. The summed E-state index contributed by atoms with van der Waals surface area (Å²) in [6, 6.07) is 0.652. The van der Waals surface area contributed by atoms with Gasteiger partial charge in [0.1, 0.15) is 0 Å². The summed E-state index contributed by atoms with van der Waals surface area (Å²) >= 11 is 0. The minimum absolute atomic E-state index is 0.314. The van der Waals surface area contributed by atoms with E-state index in [1.807, 2.05) is 0 Å². The molecule has 0 amide bonds. The number of rotatable bonds is 7. The normalized spacial score (nSPS) is 28.2. The minimum Gasteiger partial charge on any atom is -0.396 e. The Bertz CT molecular complexity index is 164. The van der Waals surface area contributed by atoms with Crippen molar-refractivity contribution >= 4 is 0 Å². The Morgan fingerprint density at radius 2 is 2.27 bits per heavy atom. The fourth-order valence-corrected chi connectivity index (χ4v) is 2.42. The first kappa shape index (κ1) is 12.9. The molecule has 0 saturated heterocycles. The van der Waals surface area contributed by atoms with E-state index in [1.165, 1.54) is 19.3 Å². The number of aliphatic hydroxyl groups excluding tert-OH is 1. The molecule has 3 atom stereocenters. The predicted molar refractivity (Wildman–Crippen MR) is 63.7 cm³/mol. The lowest BCUT2D eigenvalue weighted by Gasteiger charge is -2.19. The molecule has 0 spiro atoms. The quantitative estimate of drug-likeness (QED) is 0.556. The van der Waals surface area contributed by atoms with Gasteiger partial charge in [0.15, 0.2) is 0 Å². The predicted octanol–water partition coefficient (Wildman–Crippen LogP) is 1.11. The van der Waals surface area contributed by atoms with Gasteiger partial charge < -0.3 is 16.2 Å². The molecule has 0 bridgehead atoms. The maximum Gasteiger partial charge on any atom is 0.0456 e. The molecule has 0 aromatic heterocycles. The summed E-state index contributed by atoms with van der Waals surface area (Å²) in [4.78, 5) is 0. The van der Waals surface area contributed by atoms with Gasteiger partial charge in [0.2, 0.25) is 0 Å². The van der Waals surface area contributed by atoms with E-state index in [4.69, 9.17) is 10.8 Å². The zero-order chi connectivity index (χ0) is 11.1. The zero-order valence-corrected chi connectivity index (χ0v) is 9.91. The van der Waals surface area contributed by atoms with Gasteiger partial charge in [0.25, 0.3) is 0 Å². The van der Waals surface area contributed by atoms with Crippen LogP contribution < -0.4 is 11.1 Å². The third kappa shape index (κ3) is 4.49. The van der Waals surface area contributed by atoms with Crippen LogP contribution in [0.15, 0.2) is 0 Å². The maximum absolute atomic E-state index is 8.89. The Morgan fingerprint density at radius 3 is 2.93 bits per heavy atom. The number of hydrogen-bond acceptors (Lipinski definition) is 3. The van der Waals surface area contributed by atoms with Crippen molar-refractivity contribution in [1.29, 1.82) is 0 Å². The lowest BCUT2D eigenvalue weighted by Crippen LogP contribution is -2.36. The van der Waals surface area contributed by atoms with Crippen LogP contribution in [-0.4, -0.2) is 30.8 Å². The molecule has 90 valence electrons. The van der Waals surface area contributed by atoms with Crippen LogP contribution >= 0.6 is 0 Å². The lowest BCUT2D eigenvalue weighted by molar-refractivity contribution is 0.227. The van der Waals surface area contributed by atoms with Crippen LogP contribution in [0.2, 0.25) is 0 Å². The van der Waals surface area contributed by atoms with Gasteiger partial charge in [-0.05, 0) is 50.6 Å². The van der Waals surface area contributed by atoms with Gasteiger partial charge in [-0.25, -0.2) is 0 Å². The van der Waals surface area contributed by atoms with Crippen LogP contribution in [0.1, 0.15) is 39.0 Å².